The molecule has 1 rings (SSSR count). The van der Waals surface area contributed by atoms with Gasteiger partial charge in [0.05, 0.1) is 6.61 Å². The highest BCUT2D eigenvalue weighted by Gasteiger charge is 2.45. The minimum absolute atomic E-state index is 0.464. The Morgan fingerprint density at radius 3 is 2.12 bits per heavy atom. The minimum atomic E-state index is -1.40. The summed E-state index contributed by atoms with van der Waals surface area (Å²) in [5, 5.41) is 47.1. The number of hydrogen-bond donors (Lipinski definition) is 5. The maximum atomic E-state index is 9.64. The van der Waals surface area contributed by atoms with Crippen LogP contribution in [0.2, 0.25) is 0 Å². The molecule has 0 unspecified atom stereocenters. The van der Waals surface area contributed by atoms with Crippen LogP contribution in [0.4, 0.5) is 0 Å². The molecule has 0 aliphatic carbocycles. The summed E-state index contributed by atoms with van der Waals surface area (Å²) in [5.74, 6) is 0. The van der Waals surface area contributed by atoms with Gasteiger partial charge in [-0.05, 0) is 13.8 Å². The van der Waals surface area contributed by atoms with Crippen LogP contribution in [0.1, 0.15) is 13.8 Å². The molecule has 7 heteroatoms. The van der Waals surface area contributed by atoms with E-state index < -0.39 is 41.4 Å². The molecule has 0 aromatic rings. The second-order valence-electron chi connectivity index (χ2n) is 4.26. The molecule has 0 aromatic heterocycles. The van der Waals surface area contributed by atoms with Gasteiger partial charge in [0.2, 0.25) is 0 Å². The van der Waals surface area contributed by atoms with Crippen molar-refractivity contribution in [3.8, 4) is 0 Å². The fraction of sp³-hybridized carbons (Fsp3) is 1.00. The number of aliphatic hydroxyl groups excluding tert-OH is 4. The topological polar surface area (TPSA) is 110 Å². The van der Waals surface area contributed by atoms with Crippen molar-refractivity contribution in [2.75, 3.05) is 6.61 Å². The first-order valence-corrected chi connectivity index (χ1v) is 5.85. The molecule has 0 amide bonds. The largest absolute Gasteiger partial charge is 0.394 e. The number of hydrogen-bond acceptors (Lipinski definition) is 7. The summed E-state index contributed by atoms with van der Waals surface area (Å²) in [5.41, 5.74) is -0.893. The maximum absolute atomic E-state index is 9.64. The van der Waals surface area contributed by atoms with E-state index in [1.165, 1.54) is 13.8 Å². The lowest BCUT2D eigenvalue weighted by atomic mass is 10.0. The predicted molar refractivity (Wildman–Crippen MR) is 57.7 cm³/mol. The summed E-state index contributed by atoms with van der Waals surface area (Å²) in [7, 11) is 0. The zero-order valence-corrected chi connectivity index (χ0v) is 9.96. The third kappa shape index (κ3) is 3.30. The van der Waals surface area contributed by atoms with Crippen molar-refractivity contribution >= 4 is 11.8 Å². The van der Waals surface area contributed by atoms with E-state index in [2.05, 4.69) is 0 Å². The minimum Gasteiger partial charge on any atom is -0.394 e. The van der Waals surface area contributed by atoms with Crippen molar-refractivity contribution in [3.05, 3.63) is 0 Å². The summed E-state index contributed by atoms with van der Waals surface area (Å²) in [6, 6.07) is 0. The first kappa shape index (κ1) is 14.2. The van der Waals surface area contributed by atoms with Gasteiger partial charge in [0.25, 0.3) is 0 Å². The van der Waals surface area contributed by atoms with E-state index in [1.807, 2.05) is 0 Å². The van der Waals surface area contributed by atoms with Gasteiger partial charge in [-0.15, -0.1) is 0 Å². The highest BCUT2D eigenvalue weighted by molar-refractivity contribution is 8.00. The van der Waals surface area contributed by atoms with E-state index >= 15 is 0 Å². The summed E-state index contributed by atoms with van der Waals surface area (Å²) < 4.78 is 5.20. The van der Waals surface area contributed by atoms with Gasteiger partial charge in [-0.3, -0.25) is 0 Å². The zero-order chi connectivity index (χ0) is 12.5. The average Bonchev–Trinajstić information content (AvgIpc) is 2.17. The van der Waals surface area contributed by atoms with E-state index in [4.69, 9.17) is 9.84 Å². The van der Waals surface area contributed by atoms with Crippen molar-refractivity contribution < 1.29 is 30.3 Å². The number of rotatable bonds is 3. The molecule has 1 aliphatic rings. The summed E-state index contributed by atoms with van der Waals surface area (Å²) in [4.78, 5) is -1.15. The van der Waals surface area contributed by atoms with E-state index in [-0.39, 0.29) is 0 Å². The van der Waals surface area contributed by atoms with E-state index in [0.29, 0.717) is 0 Å². The number of aliphatic hydroxyl groups is 5. The van der Waals surface area contributed by atoms with E-state index in [9.17, 15) is 20.4 Å². The van der Waals surface area contributed by atoms with E-state index in [1.54, 1.807) is 0 Å². The summed E-state index contributed by atoms with van der Waals surface area (Å²) >= 11 is 0.912. The molecule has 1 aliphatic heterocycles. The monoisotopic (exact) mass is 254 g/mol. The predicted octanol–water partition coefficient (Wildman–Crippen LogP) is -1.75. The van der Waals surface area contributed by atoms with Crippen molar-refractivity contribution in [2.45, 2.75) is 48.6 Å². The highest BCUT2D eigenvalue weighted by Crippen LogP contribution is 2.34. The molecule has 1 saturated heterocycles. The molecule has 0 saturated carbocycles. The number of thioether (sulfide) groups is 1. The second kappa shape index (κ2) is 5.18. The normalized spacial score (nSPS) is 41.1. The van der Waals surface area contributed by atoms with Crippen molar-refractivity contribution in [2.24, 2.45) is 0 Å². The fourth-order valence-corrected chi connectivity index (χ4v) is 2.52. The molecule has 0 aromatic carbocycles. The molecule has 0 spiro atoms. The van der Waals surface area contributed by atoms with Crippen LogP contribution in [-0.4, -0.2) is 66.9 Å². The lowest BCUT2D eigenvalue weighted by molar-refractivity contribution is -0.206. The third-order valence-electron chi connectivity index (χ3n) is 2.25. The van der Waals surface area contributed by atoms with Crippen LogP contribution in [0.15, 0.2) is 0 Å². The van der Waals surface area contributed by atoms with Gasteiger partial charge >= 0.3 is 0 Å². The second-order valence-corrected chi connectivity index (χ2v) is 5.96. The van der Waals surface area contributed by atoms with Crippen LogP contribution in [-0.2, 0) is 4.74 Å². The summed E-state index contributed by atoms with van der Waals surface area (Å²) in [6.45, 7) is 2.56. The lowest BCUT2D eigenvalue weighted by Gasteiger charge is -2.41. The van der Waals surface area contributed by atoms with Crippen LogP contribution in [0.5, 0.6) is 0 Å². The van der Waals surface area contributed by atoms with Gasteiger partial charge in [0, 0.05) is 0 Å². The quantitative estimate of drug-likeness (QED) is 0.380. The van der Waals surface area contributed by atoms with Crippen molar-refractivity contribution in [1.29, 1.82) is 0 Å². The highest BCUT2D eigenvalue weighted by atomic mass is 32.2. The molecule has 0 radical (unpaired) electrons. The van der Waals surface area contributed by atoms with Gasteiger partial charge in [-0.1, -0.05) is 11.8 Å². The molecule has 5 atom stereocenters. The van der Waals surface area contributed by atoms with Crippen LogP contribution in [0, 0.1) is 0 Å². The smallest absolute Gasteiger partial charge is 0.135 e. The molecule has 5 N–H and O–H groups in total. The van der Waals surface area contributed by atoms with Gasteiger partial charge in [-0.2, -0.15) is 0 Å². The first-order valence-electron chi connectivity index (χ1n) is 4.97. The Morgan fingerprint density at radius 1 is 1.12 bits per heavy atom. The number of ether oxygens (including phenoxy) is 1. The SMILES string of the molecule is CC(C)(O)S[C@@H]1O[C@H](CO)[C@H](O)[C@H](O)[C@H]1O. The van der Waals surface area contributed by atoms with Crippen LogP contribution in [0.3, 0.4) is 0 Å². The molecule has 6 nitrogen and oxygen atoms in total. The maximum Gasteiger partial charge on any atom is 0.135 e. The Morgan fingerprint density at radius 2 is 1.69 bits per heavy atom. The molecule has 16 heavy (non-hydrogen) atoms. The van der Waals surface area contributed by atoms with Crippen LogP contribution >= 0.6 is 11.8 Å². The first-order chi connectivity index (χ1) is 7.26. The Hall–Kier alpha value is 0.110. The van der Waals surface area contributed by atoms with Crippen molar-refractivity contribution in [1.82, 2.24) is 0 Å². The Bertz CT molecular complexity index is 229. The fourth-order valence-electron chi connectivity index (χ4n) is 1.45. The Kier molecular flexibility index (Phi) is 4.58. The molecule has 1 fully saturated rings. The van der Waals surface area contributed by atoms with Crippen LogP contribution < -0.4 is 0 Å². The van der Waals surface area contributed by atoms with E-state index in [0.717, 1.165) is 11.8 Å². The average molecular weight is 254 g/mol. The van der Waals surface area contributed by atoms with Crippen LogP contribution in [0.25, 0.3) is 0 Å². The van der Waals surface area contributed by atoms with Gasteiger partial charge in [0.15, 0.2) is 0 Å². The third-order valence-corrected chi connectivity index (χ3v) is 3.45. The van der Waals surface area contributed by atoms with Crippen molar-refractivity contribution in [3.63, 3.8) is 0 Å². The van der Waals surface area contributed by atoms with Gasteiger partial charge < -0.3 is 30.3 Å². The Balaban J connectivity index is 2.71. The van der Waals surface area contributed by atoms with Gasteiger partial charge in [0.1, 0.15) is 34.8 Å². The molecule has 96 valence electrons. The van der Waals surface area contributed by atoms with Gasteiger partial charge in [-0.25, -0.2) is 0 Å². The molecular weight excluding hydrogens is 236 g/mol. The lowest BCUT2D eigenvalue weighted by Crippen LogP contribution is -2.58. The Labute approximate surface area is 97.9 Å². The summed E-state index contributed by atoms with van der Waals surface area (Å²) in [6.07, 6.45) is -5.00. The molecule has 0 bridgehead atoms. The zero-order valence-electron chi connectivity index (χ0n) is 9.15. The molecular formula is C9H18O6S. The standard InChI is InChI=1S/C9H18O6S/c1-9(2,14)16-8-7(13)6(12)5(11)4(3-10)15-8/h4-8,10-14H,3H2,1-2H3/t4-,5+,6+,7-,8+/m1/s1. The molecule has 1 heterocycles.